The molecule has 9 nitrogen and oxygen atoms in total. The number of carbonyl (C=O) groups is 1. The number of carbonyl (C=O) groups excluding carboxylic acids is 1. The monoisotopic (exact) mass is 437 g/mol. The third kappa shape index (κ3) is 4.13. The van der Waals surface area contributed by atoms with Gasteiger partial charge in [-0.25, -0.2) is 4.98 Å². The minimum atomic E-state index is -0.0696. The summed E-state index contributed by atoms with van der Waals surface area (Å²) in [4.78, 5) is 21.2. The van der Waals surface area contributed by atoms with Crippen molar-refractivity contribution in [2.24, 2.45) is 17.8 Å². The molecule has 0 N–H and O–H groups in total. The molecular weight excluding hydrogens is 406 g/mol. The first-order chi connectivity index (χ1) is 15.6. The molecule has 170 valence electrons. The van der Waals surface area contributed by atoms with Crippen LogP contribution >= 0.6 is 0 Å². The molecule has 2 aromatic rings. The van der Waals surface area contributed by atoms with E-state index >= 15 is 0 Å². The van der Waals surface area contributed by atoms with Gasteiger partial charge in [-0.05, 0) is 73.7 Å². The zero-order valence-electron chi connectivity index (χ0n) is 18.6. The highest BCUT2D eigenvalue weighted by atomic mass is 16.5. The SMILES string of the molecule is C=C1C(C2CCN(CCc3ccc(-n4cnnn4)nc3)CC2)CCN1C1COC(=O)C1C. The zero-order chi connectivity index (χ0) is 22.1. The van der Waals surface area contributed by atoms with Gasteiger partial charge >= 0.3 is 5.97 Å². The molecule has 32 heavy (non-hydrogen) atoms. The molecule has 9 heteroatoms. The topological polar surface area (TPSA) is 89.3 Å². The molecule has 0 saturated carbocycles. The number of cyclic esters (lactones) is 1. The van der Waals surface area contributed by atoms with E-state index in [4.69, 9.17) is 4.74 Å². The quantitative estimate of drug-likeness (QED) is 0.631. The van der Waals surface area contributed by atoms with Crippen molar-refractivity contribution in [3.63, 3.8) is 0 Å². The number of rotatable bonds is 6. The molecular formula is C23H31N7O2. The number of pyridine rings is 1. The molecule has 0 aliphatic carbocycles. The van der Waals surface area contributed by atoms with Gasteiger partial charge in [0.2, 0.25) is 0 Å². The van der Waals surface area contributed by atoms with Crippen LogP contribution in [0.25, 0.3) is 5.82 Å². The van der Waals surface area contributed by atoms with Gasteiger partial charge in [-0.15, -0.1) is 5.10 Å². The number of hydrogen-bond donors (Lipinski definition) is 0. The average molecular weight is 438 g/mol. The van der Waals surface area contributed by atoms with Gasteiger partial charge in [0.1, 0.15) is 12.9 Å². The number of tetrazole rings is 1. The first-order valence-electron chi connectivity index (χ1n) is 11.6. The molecule has 3 atom stereocenters. The normalized spacial score (nSPS) is 27.3. The van der Waals surface area contributed by atoms with Crippen LogP contribution in [0.2, 0.25) is 0 Å². The van der Waals surface area contributed by atoms with Gasteiger partial charge in [-0.2, -0.15) is 4.68 Å². The summed E-state index contributed by atoms with van der Waals surface area (Å²) in [6.45, 7) is 11.2. The first kappa shape index (κ1) is 21.1. The Hall–Kier alpha value is -2.81. The highest BCUT2D eigenvalue weighted by Crippen LogP contribution is 2.40. The van der Waals surface area contributed by atoms with Crippen LogP contribution in [0.5, 0.6) is 0 Å². The lowest BCUT2D eigenvalue weighted by Gasteiger charge is -2.36. The summed E-state index contributed by atoms with van der Waals surface area (Å²) in [5.41, 5.74) is 2.46. The van der Waals surface area contributed by atoms with E-state index in [0.717, 1.165) is 44.8 Å². The smallest absolute Gasteiger partial charge is 0.310 e. The number of allylic oxidation sites excluding steroid dienone is 1. The standard InChI is InChI=1S/C23H31N7O2/c1-16-21(14-32-23(16)31)29-12-8-20(17(29)2)19-6-10-28(11-7-19)9-5-18-3-4-22(24-13-18)30-15-25-26-27-30/h3-4,13,15-16,19-21H,2,5-12,14H2,1H3. The molecule has 3 fully saturated rings. The average Bonchev–Trinajstić information content (AvgIpc) is 3.55. The van der Waals surface area contributed by atoms with Gasteiger partial charge in [0.25, 0.3) is 0 Å². The maximum atomic E-state index is 11.8. The Morgan fingerprint density at radius 1 is 1.19 bits per heavy atom. The van der Waals surface area contributed by atoms with Crippen LogP contribution in [0.4, 0.5) is 0 Å². The van der Waals surface area contributed by atoms with Crippen LogP contribution in [0.3, 0.4) is 0 Å². The Kier molecular flexibility index (Phi) is 5.91. The predicted octanol–water partition coefficient (Wildman–Crippen LogP) is 1.71. The van der Waals surface area contributed by atoms with E-state index in [9.17, 15) is 4.79 Å². The van der Waals surface area contributed by atoms with E-state index < -0.39 is 0 Å². The molecule has 5 heterocycles. The number of piperidine rings is 1. The Morgan fingerprint density at radius 2 is 2.03 bits per heavy atom. The maximum absolute atomic E-state index is 11.8. The number of aromatic nitrogens is 5. The second kappa shape index (κ2) is 8.97. The van der Waals surface area contributed by atoms with Crippen molar-refractivity contribution in [2.45, 2.75) is 38.6 Å². The molecule has 0 bridgehead atoms. The summed E-state index contributed by atoms with van der Waals surface area (Å²) in [7, 11) is 0. The second-order valence-electron chi connectivity index (χ2n) is 9.27. The minimum absolute atomic E-state index is 0.0521. The van der Waals surface area contributed by atoms with Crippen LogP contribution in [-0.2, 0) is 16.0 Å². The zero-order valence-corrected chi connectivity index (χ0v) is 18.6. The third-order valence-electron chi connectivity index (χ3n) is 7.53. The molecule has 3 aliphatic rings. The summed E-state index contributed by atoms with van der Waals surface area (Å²) in [6.07, 6.45) is 8.03. The lowest BCUT2D eigenvalue weighted by atomic mass is 9.82. The van der Waals surface area contributed by atoms with Crippen molar-refractivity contribution in [2.75, 3.05) is 32.8 Å². The van der Waals surface area contributed by atoms with Gasteiger partial charge < -0.3 is 14.5 Å². The molecule has 0 radical (unpaired) electrons. The lowest BCUT2D eigenvalue weighted by molar-refractivity contribution is -0.140. The largest absolute Gasteiger partial charge is 0.463 e. The van der Waals surface area contributed by atoms with E-state index in [1.165, 1.54) is 24.1 Å². The number of hydrogen-bond acceptors (Lipinski definition) is 8. The van der Waals surface area contributed by atoms with Crippen LogP contribution < -0.4 is 0 Å². The molecule has 0 aromatic carbocycles. The van der Waals surface area contributed by atoms with Crippen LogP contribution in [-0.4, -0.2) is 79.8 Å². The van der Waals surface area contributed by atoms with Crippen molar-refractivity contribution in [1.29, 1.82) is 0 Å². The van der Waals surface area contributed by atoms with Crippen LogP contribution in [0.15, 0.2) is 36.9 Å². The maximum Gasteiger partial charge on any atom is 0.310 e. The molecule has 0 amide bonds. The summed E-state index contributed by atoms with van der Waals surface area (Å²) in [5, 5.41) is 11.2. The van der Waals surface area contributed by atoms with Gasteiger partial charge in [0.05, 0.1) is 12.0 Å². The van der Waals surface area contributed by atoms with E-state index in [2.05, 4.69) is 43.0 Å². The number of ether oxygens (including phenoxy) is 1. The molecule has 5 rings (SSSR count). The number of nitrogens with zero attached hydrogens (tertiary/aromatic N) is 7. The molecule has 3 aliphatic heterocycles. The van der Waals surface area contributed by atoms with Gasteiger partial charge in [-0.1, -0.05) is 12.6 Å². The molecule has 0 spiro atoms. The Balaban J connectivity index is 1.09. The van der Waals surface area contributed by atoms with E-state index in [-0.39, 0.29) is 17.9 Å². The summed E-state index contributed by atoms with van der Waals surface area (Å²) in [6, 6.07) is 4.23. The lowest BCUT2D eigenvalue weighted by Crippen LogP contribution is -2.39. The minimum Gasteiger partial charge on any atom is -0.463 e. The highest BCUT2D eigenvalue weighted by molar-refractivity contribution is 5.75. The van der Waals surface area contributed by atoms with Gasteiger partial charge in [-0.3, -0.25) is 4.79 Å². The highest BCUT2D eigenvalue weighted by Gasteiger charge is 2.43. The Bertz CT molecular complexity index is 938. The predicted molar refractivity (Wildman–Crippen MR) is 118 cm³/mol. The fourth-order valence-corrected chi connectivity index (χ4v) is 5.48. The first-order valence-corrected chi connectivity index (χ1v) is 11.6. The van der Waals surface area contributed by atoms with Gasteiger partial charge in [0, 0.05) is 30.9 Å². The van der Waals surface area contributed by atoms with Crippen molar-refractivity contribution >= 4 is 5.97 Å². The number of likely N-dealkylation sites (tertiary alicyclic amines) is 2. The Morgan fingerprint density at radius 3 is 2.69 bits per heavy atom. The Labute approximate surface area is 188 Å². The van der Waals surface area contributed by atoms with E-state index in [0.29, 0.717) is 18.4 Å². The van der Waals surface area contributed by atoms with Crippen molar-refractivity contribution in [1.82, 2.24) is 35.0 Å². The van der Waals surface area contributed by atoms with E-state index in [1.54, 1.807) is 11.0 Å². The molecule has 3 unspecified atom stereocenters. The third-order valence-corrected chi connectivity index (χ3v) is 7.53. The second-order valence-corrected chi connectivity index (χ2v) is 9.27. The van der Waals surface area contributed by atoms with Crippen molar-refractivity contribution in [3.05, 3.63) is 42.5 Å². The van der Waals surface area contributed by atoms with Crippen LogP contribution in [0.1, 0.15) is 31.7 Å². The summed E-state index contributed by atoms with van der Waals surface area (Å²) in [5.74, 6) is 1.84. The van der Waals surface area contributed by atoms with E-state index in [1.807, 2.05) is 19.2 Å². The van der Waals surface area contributed by atoms with Crippen molar-refractivity contribution < 1.29 is 9.53 Å². The van der Waals surface area contributed by atoms with Crippen LogP contribution in [0, 0.1) is 17.8 Å². The molecule has 2 aromatic heterocycles. The fraction of sp³-hybridized carbons (Fsp3) is 0.609. The summed E-state index contributed by atoms with van der Waals surface area (Å²) >= 11 is 0. The summed E-state index contributed by atoms with van der Waals surface area (Å²) < 4.78 is 6.84. The molecule has 3 saturated heterocycles. The van der Waals surface area contributed by atoms with Gasteiger partial charge in [0.15, 0.2) is 5.82 Å². The number of esters is 1. The fourth-order valence-electron chi connectivity index (χ4n) is 5.48. The van der Waals surface area contributed by atoms with Crippen molar-refractivity contribution in [3.8, 4) is 5.82 Å².